The van der Waals surface area contributed by atoms with Gasteiger partial charge in [-0.2, -0.15) is 0 Å². The molecule has 2 N–H and O–H groups in total. The molecule has 5 nitrogen and oxygen atoms in total. The second kappa shape index (κ2) is 10.4. The summed E-state index contributed by atoms with van der Waals surface area (Å²) in [5, 5.41) is 6.25. The van der Waals surface area contributed by atoms with Gasteiger partial charge in [-0.3, -0.25) is 4.79 Å². The number of hydrogen-bond acceptors (Lipinski definition) is 4. The van der Waals surface area contributed by atoms with Crippen molar-refractivity contribution >= 4 is 24.0 Å². The predicted octanol–water partition coefficient (Wildman–Crippen LogP) is 2.46. The standard InChI is InChI=1S/C16H24N2O3.ClH/c1-20-10-3-11-21-15-5-2-4-14(12-15)18-16(19)13-6-8-17-9-7-13;/h2,4-5,12-13,17H,3,6-11H2,1H3,(H,18,19);1H. The van der Waals surface area contributed by atoms with E-state index in [1.54, 1.807) is 7.11 Å². The molecule has 6 heteroatoms. The molecule has 0 atom stereocenters. The van der Waals surface area contributed by atoms with Crippen LogP contribution in [0.15, 0.2) is 24.3 Å². The fourth-order valence-electron chi connectivity index (χ4n) is 2.39. The summed E-state index contributed by atoms with van der Waals surface area (Å²) in [5.41, 5.74) is 0.794. The molecule has 1 amide bonds. The number of rotatable bonds is 7. The molecule has 0 saturated carbocycles. The van der Waals surface area contributed by atoms with Crippen LogP contribution in [-0.2, 0) is 9.53 Å². The van der Waals surface area contributed by atoms with Crippen LogP contribution in [0.4, 0.5) is 5.69 Å². The highest BCUT2D eigenvalue weighted by Crippen LogP contribution is 2.20. The van der Waals surface area contributed by atoms with Crippen LogP contribution in [0.2, 0.25) is 0 Å². The normalized spacial score (nSPS) is 15.0. The van der Waals surface area contributed by atoms with Crippen LogP contribution in [0.5, 0.6) is 5.75 Å². The number of carbonyl (C=O) groups excluding carboxylic acids is 1. The van der Waals surface area contributed by atoms with Gasteiger partial charge in [0.05, 0.1) is 6.61 Å². The average Bonchev–Trinajstić information content (AvgIpc) is 2.53. The lowest BCUT2D eigenvalue weighted by Gasteiger charge is -2.21. The average molecular weight is 329 g/mol. The smallest absolute Gasteiger partial charge is 0.227 e. The van der Waals surface area contributed by atoms with E-state index in [0.717, 1.165) is 43.8 Å². The molecular formula is C16H25ClN2O3. The van der Waals surface area contributed by atoms with Gasteiger partial charge in [-0.05, 0) is 38.1 Å². The van der Waals surface area contributed by atoms with Crippen LogP contribution >= 0.6 is 12.4 Å². The van der Waals surface area contributed by atoms with E-state index in [-0.39, 0.29) is 24.2 Å². The zero-order valence-corrected chi connectivity index (χ0v) is 13.8. The summed E-state index contributed by atoms with van der Waals surface area (Å²) in [6.45, 7) is 3.13. The molecule has 124 valence electrons. The first-order chi connectivity index (χ1) is 10.3. The summed E-state index contributed by atoms with van der Waals surface area (Å²) >= 11 is 0. The number of benzene rings is 1. The van der Waals surface area contributed by atoms with Crippen molar-refractivity contribution in [2.45, 2.75) is 19.3 Å². The van der Waals surface area contributed by atoms with Crippen LogP contribution in [0.3, 0.4) is 0 Å². The fourth-order valence-corrected chi connectivity index (χ4v) is 2.39. The topological polar surface area (TPSA) is 59.6 Å². The molecule has 1 aromatic carbocycles. The van der Waals surface area contributed by atoms with Crippen molar-refractivity contribution in [2.24, 2.45) is 5.92 Å². The van der Waals surface area contributed by atoms with Crippen molar-refractivity contribution in [2.75, 3.05) is 38.7 Å². The van der Waals surface area contributed by atoms with Gasteiger partial charge in [-0.25, -0.2) is 0 Å². The van der Waals surface area contributed by atoms with Gasteiger partial charge in [-0.1, -0.05) is 6.07 Å². The molecule has 2 rings (SSSR count). The summed E-state index contributed by atoms with van der Waals surface area (Å²) in [6, 6.07) is 7.55. The molecule has 1 aliphatic rings. The van der Waals surface area contributed by atoms with Gasteiger partial charge in [0.15, 0.2) is 0 Å². The monoisotopic (exact) mass is 328 g/mol. The van der Waals surface area contributed by atoms with Crippen LogP contribution in [0.25, 0.3) is 0 Å². The Bertz CT molecular complexity index is 451. The first-order valence-corrected chi connectivity index (χ1v) is 7.53. The first kappa shape index (κ1) is 18.7. The van der Waals surface area contributed by atoms with Crippen LogP contribution in [-0.4, -0.2) is 39.3 Å². The Balaban J connectivity index is 0.00000242. The number of nitrogens with one attached hydrogen (secondary N) is 2. The Kier molecular flexibility index (Phi) is 8.89. The van der Waals surface area contributed by atoms with Crippen molar-refractivity contribution in [3.63, 3.8) is 0 Å². The highest BCUT2D eigenvalue weighted by molar-refractivity contribution is 5.92. The molecular weight excluding hydrogens is 304 g/mol. The van der Waals surface area contributed by atoms with Crippen molar-refractivity contribution in [1.82, 2.24) is 5.32 Å². The van der Waals surface area contributed by atoms with E-state index in [0.29, 0.717) is 13.2 Å². The molecule has 0 spiro atoms. The number of hydrogen-bond donors (Lipinski definition) is 2. The number of ether oxygens (including phenoxy) is 2. The third-order valence-corrected chi connectivity index (χ3v) is 3.57. The van der Waals surface area contributed by atoms with Crippen molar-refractivity contribution in [1.29, 1.82) is 0 Å². The number of amides is 1. The van der Waals surface area contributed by atoms with Gasteiger partial charge in [0.1, 0.15) is 5.75 Å². The number of anilines is 1. The van der Waals surface area contributed by atoms with E-state index in [1.807, 2.05) is 24.3 Å². The van der Waals surface area contributed by atoms with Gasteiger partial charge in [0.2, 0.25) is 5.91 Å². The SMILES string of the molecule is COCCCOc1cccc(NC(=O)C2CCNCC2)c1.Cl. The number of halogens is 1. The van der Waals surface area contributed by atoms with Crippen molar-refractivity contribution < 1.29 is 14.3 Å². The Hall–Kier alpha value is -1.30. The quantitative estimate of drug-likeness (QED) is 0.755. The van der Waals surface area contributed by atoms with E-state index in [2.05, 4.69) is 10.6 Å². The number of methoxy groups -OCH3 is 1. The lowest BCUT2D eigenvalue weighted by Crippen LogP contribution is -2.34. The number of piperidine rings is 1. The third-order valence-electron chi connectivity index (χ3n) is 3.57. The van der Waals surface area contributed by atoms with E-state index in [1.165, 1.54) is 0 Å². The van der Waals surface area contributed by atoms with Crippen molar-refractivity contribution in [3.05, 3.63) is 24.3 Å². The minimum Gasteiger partial charge on any atom is -0.493 e. The van der Waals surface area contributed by atoms with Gasteiger partial charge < -0.3 is 20.1 Å². The van der Waals surface area contributed by atoms with Gasteiger partial charge in [0.25, 0.3) is 0 Å². The Morgan fingerprint density at radius 1 is 1.32 bits per heavy atom. The molecule has 1 fully saturated rings. The van der Waals surface area contributed by atoms with Crippen molar-refractivity contribution in [3.8, 4) is 5.75 Å². The molecule has 22 heavy (non-hydrogen) atoms. The minimum absolute atomic E-state index is 0. The zero-order valence-electron chi connectivity index (χ0n) is 13.0. The lowest BCUT2D eigenvalue weighted by atomic mass is 9.97. The van der Waals surface area contributed by atoms with Gasteiger partial charge >= 0.3 is 0 Å². The van der Waals surface area contributed by atoms with Gasteiger partial charge in [-0.15, -0.1) is 12.4 Å². The summed E-state index contributed by atoms with van der Waals surface area (Å²) in [5.74, 6) is 0.986. The van der Waals surface area contributed by atoms with E-state index < -0.39 is 0 Å². The van der Waals surface area contributed by atoms with Crippen LogP contribution in [0, 0.1) is 5.92 Å². The second-order valence-electron chi connectivity index (χ2n) is 5.24. The molecule has 0 bridgehead atoms. The highest BCUT2D eigenvalue weighted by Gasteiger charge is 2.20. The first-order valence-electron chi connectivity index (χ1n) is 7.53. The molecule has 1 heterocycles. The second-order valence-corrected chi connectivity index (χ2v) is 5.24. The summed E-state index contributed by atoms with van der Waals surface area (Å²) in [4.78, 5) is 12.2. The fraction of sp³-hybridized carbons (Fsp3) is 0.562. The zero-order chi connectivity index (χ0) is 14.9. The largest absolute Gasteiger partial charge is 0.493 e. The molecule has 1 saturated heterocycles. The summed E-state index contributed by atoms with van der Waals surface area (Å²) in [7, 11) is 1.68. The van der Waals surface area contributed by atoms with Crippen LogP contribution < -0.4 is 15.4 Å². The number of carbonyl (C=O) groups is 1. The van der Waals surface area contributed by atoms with E-state index in [4.69, 9.17) is 9.47 Å². The van der Waals surface area contributed by atoms with E-state index >= 15 is 0 Å². The maximum atomic E-state index is 12.2. The molecule has 0 aliphatic carbocycles. The van der Waals surface area contributed by atoms with Gasteiger partial charge in [0, 0.05) is 37.8 Å². The molecule has 0 radical (unpaired) electrons. The molecule has 1 aliphatic heterocycles. The minimum atomic E-state index is 0. The lowest BCUT2D eigenvalue weighted by molar-refractivity contribution is -0.120. The summed E-state index contributed by atoms with van der Waals surface area (Å²) < 4.78 is 10.6. The molecule has 0 unspecified atom stereocenters. The highest BCUT2D eigenvalue weighted by atomic mass is 35.5. The predicted molar refractivity (Wildman–Crippen MR) is 89.9 cm³/mol. The Labute approximate surface area is 138 Å². The summed E-state index contributed by atoms with van der Waals surface area (Å²) in [6.07, 6.45) is 2.65. The molecule has 1 aromatic rings. The molecule has 0 aromatic heterocycles. The Morgan fingerprint density at radius 3 is 2.82 bits per heavy atom. The maximum absolute atomic E-state index is 12.2. The van der Waals surface area contributed by atoms with E-state index in [9.17, 15) is 4.79 Å². The third kappa shape index (κ3) is 6.22. The maximum Gasteiger partial charge on any atom is 0.227 e. The Morgan fingerprint density at radius 2 is 2.09 bits per heavy atom. The van der Waals surface area contributed by atoms with Crippen LogP contribution in [0.1, 0.15) is 19.3 Å².